The molecule has 0 N–H and O–H groups in total. The summed E-state index contributed by atoms with van der Waals surface area (Å²) in [4.78, 5) is 25.1. The summed E-state index contributed by atoms with van der Waals surface area (Å²) in [6.07, 6.45) is 4.11. The van der Waals surface area contributed by atoms with Gasteiger partial charge in [-0.2, -0.15) is 0 Å². The number of carbonyl (C=O) groups is 2. The largest absolute Gasteiger partial charge is 0.493 e. The molecule has 3 rings (SSSR count). The third kappa shape index (κ3) is 4.58. The third-order valence-electron chi connectivity index (χ3n) is 5.28. The van der Waals surface area contributed by atoms with Crippen molar-refractivity contribution in [2.75, 3.05) is 26.2 Å². The van der Waals surface area contributed by atoms with Crippen LogP contribution in [0.3, 0.4) is 0 Å². The lowest BCUT2D eigenvalue weighted by molar-refractivity contribution is -0.150. The predicted molar refractivity (Wildman–Crippen MR) is 114 cm³/mol. The molecule has 1 aliphatic rings. The van der Waals surface area contributed by atoms with Gasteiger partial charge in [0.25, 0.3) is 0 Å². The van der Waals surface area contributed by atoms with Crippen LogP contribution in [0.25, 0.3) is 10.1 Å². The van der Waals surface area contributed by atoms with Crippen LogP contribution in [0, 0.1) is 17.7 Å². The molecule has 29 heavy (non-hydrogen) atoms. The number of fused-ring (bicyclic) bond motifs is 1. The molecule has 0 bridgehead atoms. The summed E-state index contributed by atoms with van der Waals surface area (Å²) in [6.45, 7) is 0.393. The molecule has 158 valence electrons. The van der Waals surface area contributed by atoms with E-state index in [1.807, 2.05) is 0 Å². The SMILES string of the molecule is COC(=O)[C@@H]1CC[C@H]1C(=O)c1cc2c(F)c(OCCCCCBr)c(OC)cc2s1. The quantitative estimate of drug-likeness (QED) is 0.195. The van der Waals surface area contributed by atoms with E-state index in [0.29, 0.717) is 40.2 Å². The fraction of sp³-hybridized carbons (Fsp3) is 0.524. The molecule has 5 nitrogen and oxygen atoms in total. The van der Waals surface area contributed by atoms with Crippen LogP contribution in [0.2, 0.25) is 0 Å². The Bertz CT molecular complexity index is 897. The molecule has 0 saturated heterocycles. The smallest absolute Gasteiger partial charge is 0.309 e. The Balaban J connectivity index is 1.83. The first kappa shape index (κ1) is 22.0. The summed E-state index contributed by atoms with van der Waals surface area (Å²) in [7, 11) is 2.79. The minimum Gasteiger partial charge on any atom is -0.493 e. The minimum atomic E-state index is -0.520. The summed E-state index contributed by atoms with van der Waals surface area (Å²) in [5, 5.41) is 1.27. The number of unbranched alkanes of at least 4 members (excludes halogenated alkanes) is 2. The molecule has 0 aliphatic heterocycles. The first-order valence-electron chi connectivity index (χ1n) is 9.62. The Morgan fingerprint density at radius 3 is 2.55 bits per heavy atom. The van der Waals surface area contributed by atoms with E-state index in [-0.39, 0.29) is 17.5 Å². The first-order valence-corrected chi connectivity index (χ1v) is 11.6. The second-order valence-electron chi connectivity index (χ2n) is 7.02. The Morgan fingerprint density at radius 2 is 1.93 bits per heavy atom. The molecule has 1 aromatic carbocycles. The van der Waals surface area contributed by atoms with Gasteiger partial charge in [0.15, 0.2) is 23.1 Å². The van der Waals surface area contributed by atoms with Gasteiger partial charge in [0, 0.05) is 27.4 Å². The Kier molecular flexibility index (Phi) is 7.51. The van der Waals surface area contributed by atoms with E-state index in [1.165, 1.54) is 25.6 Å². The van der Waals surface area contributed by atoms with Gasteiger partial charge in [0.1, 0.15) is 0 Å². The number of alkyl halides is 1. The number of rotatable bonds is 10. The molecule has 2 atom stereocenters. The van der Waals surface area contributed by atoms with E-state index >= 15 is 4.39 Å². The molecular formula is C21H24BrFO5S. The van der Waals surface area contributed by atoms with Crippen LogP contribution in [0.1, 0.15) is 41.8 Å². The van der Waals surface area contributed by atoms with Crippen LogP contribution in [-0.4, -0.2) is 37.9 Å². The maximum atomic E-state index is 15.1. The van der Waals surface area contributed by atoms with Crippen LogP contribution >= 0.6 is 27.3 Å². The number of benzene rings is 1. The Hall–Kier alpha value is -1.67. The number of methoxy groups -OCH3 is 2. The number of ketones is 1. The number of Topliss-reactive ketones (excluding diaryl/α,β-unsaturated/α-hetero) is 1. The molecule has 1 saturated carbocycles. The summed E-state index contributed by atoms with van der Waals surface area (Å²) in [6, 6.07) is 3.26. The maximum Gasteiger partial charge on any atom is 0.309 e. The summed E-state index contributed by atoms with van der Waals surface area (Å²) in [5.41, 5.74) is 0. The van der Waals surface area contributed by atoms with Crippen molar-refractivity contribution in [2.45, 2.75) is 32.1 Å². The number of ether oxygens (including phenoxy) is 3. The highest BCUT2D eigenvalue weighted by Gasteiger charge is 2.42. The molecule has 0 amide bonds. The average Bonchev–Trinajstić information content (AvgIpc) is 3.12. The second-order valence-corrected chi connectivity index (χ2v) is 8.90. The van der Waals surface area contributed by atoms with Gasteiger partial charge >= 0.3 is 5.97 Å². The van der Waals surface area contributed by atoms with E-state index in [2.05, 4.69) is 15.9 Å². The fourth-order valence-corrected chi connectivity index (χ4v) is 4.97. The molecule has 1 heterocycles. The number of hydrogen-bond acceptors (Lipinski definition) is 6. The predicted octanol–water partition coefficient (Wildman–Crippen LogP) is 5.37. The van der Waals surface area contributed by atoms with E-state index in [9.17, 15) is 9.59 Å². The number of carbonyl (C=O) groups excluding carboxylic acids is 2. The summed E-state index contributed by atoms with van der Waals surface area (Å²) < 4.78 is 31.5. The van der Waals surface area contributed by atoms with Gasteiger partial charge in [-0.3, -0.25) is 9.59 Å². The lowest BCUT2D eigenvalue weighted by Gasteiger charge is -2.32. The average molecular weight is 487 g/mol. The Morgan fingerprint density at radius 1 is 1.17 bits per heavy atom. The van der Waals surface area contributed by atoms with Gasteiger partial charge in [-0.15, -0.1) is 11.3 Å². The van der Waals surface area contributed by atoms with Crippen molar-refractivity contribution >= 4 is 49.1 Å². The van der Waals surface area contributed by atoms with Gasteiger partial charge < -0.3 is 14.2 Å². The van der Waals surface area contributed by atoms with Gasteiger partial charge in [0.2, 0.25) is 0 Å². The van der Waals surface area contributed by atoms with E-state index in [0.717, 1.165) is 24.6 Å². The second kappa shape index (κ2) is 9.89. The highest BCUT2D eigenvalue weighted by Crippen LogP contribution is 2.43. The maximum absolute atomic E-state index is 15.1. The normalized spacial score (nSPS) is 18.3. The van der Waals surface area contributed by atoms with Crippen LogP contribution in [-0.2, 0) is 9.53 Å². The van der Waals surface area contributed by atoms with Gasteiger partial charge in [-0.25, -0.2) is 4.39 Å². The molecule has 1 aliphatic carbocycles. The van der Waals surface area contributed by atoms with Crippen LogP contribution in [0.4, 0.5) is 4.39 Å². The zero-order chi connectivity index (χ0) is 21.0. The zero-order valence-corrected chi connectivity index (χ0v) is 18.9. The molecule has 0 spiro atoms. The number of esters is 1. The zero-order valence-electron chi connectivity index (χ0n) is 16.5. The van der Waals surface area contributed by atoms with Crippen molar-refractivity contribution in [1.82, 2.24) is 0 Å². The van der Waals surface area contributed by atoms with E-state index < -0.39 is 17.7 Å². The molecule has 2 aromatic rings. The molecule has 1 aromatic heterocycles. The minimum absolute atomic E-state index is 0.0757. The number of hydrogen-bond donors (Lipinski definition) is 0. The monoisotopic (exact) mass is 486 g/mol. The lowest BCUT2D eigenvalue weighted by Crippen LogP contribution is -2.38. The van der Waals surface area contributed by atoms with Gasteiger partial charge in [-0.05, 0) is 38.2 Å². The molecular weight excluding hydrogens is 463 g/mol. The topological polar surface area (TPSA) is 61.8 Å². The van der Waals surface area contributed by atoms with Crippen LogP contribution in [0.5, 0.6) is 11.5 Å². The van der Waals surface area contributed by atoms with Crippen molar-refractivity contribution in [2.24, 2.45) is 11.8 Å². The first-order chi connectivity index (χ1) is 14.0. The standard InChI is InChI=1S/C21H24BrFO5S/c1-26-15-11-16-14(18(23)20(15)28-9-5-3-4-8-22)10-17(29-16)19(24)12-6-7-13(12)21(25)27-2/h10-13H,3-9H2,1-2H3/t12-,13-/m1/s1. The van der Waals surface area contributed by atoms with Gasteiger partial charge in [0.05, 0.1) is 31.6 Å². The highest BCUT2D eigenvalue weighted by molar-refractivity contribution is 9.09. The fourth-order valence-electron chi connectivity index (χ4n) is 3.48. The van der Waals surface area contributed by atoms with Crippen molar-refractivity contribution < 1.29 is 28.2 Å². The van der Waals surface area contributed by atoms with Crippen molar-refractivity contribution in [1.29, 1.82) is 0 Å². The van der Waals surface area contributed by atoms with Crippen LogP contribution in [0.15, 0.2) is 12.1 Å². The van der Waals surface area contributed by atoms with Crippen molar-refractivity contribution in [3.8, 4) is 11.5 Å². The Labute approximate surface area is 181 Å². The number of thiophene rings is 1. The molecule has 8 heteroatoms. The van der Waals surface area contributed by atoms with Crippen molar-refractivity contribution in [3.05, 3.63) is 22.8 Å². The molecule has 0 unspecified atom stereocenters. The van der Waals surface area contributed by atoms with E-state index in [4.69, 9.17) is 14.2 Å². The van der Waals surface area contributed by atoms with Crippen molar-refractivity contribution in [3.63, 3.8) is 0 Å². The number of halogens is 2. The lowest BCUT2D eigenvalue weighted by atomic mass is 9.71. The molecule has 1 fully saturated rings. The van der Waals surface area contributed by atoms with Gasteiger partial charge in [-0.1, -0.05) is 15.9 Å². The highest BCUT2D eigenvalue weighted by atomic mass is 79.9. The summed E-state index contributed by atoms with van der Waals surface area (Å²) in [5.74, 6) is -1.43. The van der Waals surface area contributed by atoms with Crippen LogP contribution < -0.4 is 9.47 Å². The summed E-state index contributed by atoms with van der Waals surface area (Å²) >= 11 is 4.59. The van der Waals surface area contributed by atoms with E-state index in [1.54, 1.807) is 12.1 Å². The third-order valence-corrected chi connectivity index (χ3v) is 6.94. The molecule has 0 radical (unpaired) electrons.